The Morgan fingerprint density at radius 3 is 1.38 bits per heavy atom. The molecule has 0 fully saturated rings. The van der Waals surface area contributed by atoms with Crippen molar-refractivity contribution < 1.29 is 9.47 Å². The SMILES string of the molecule is c1ccc(Oc2ccc(-c3ccc(-c4ccccc4Oc4ccccc4)cc3)cc2)cc1. The van der Waals surface area contributed by atoms with Crippen LogP contribution in [0.5, 0.6) is 23.0 Å². The molecule has 0 spiro atoms. The molecular weight excluding hydrogens is 392 g/mol. The quantitative estimate of drug-likeness (QED) is 0.277. The van der Waals surface area contributed by atoms with Crippen LogP contribution in [-0.2, 0) is 0 Å². The van der Waals surface area contributed by atoms with Gasteiger partial charge in [0.2, 0.25) is 0 Å². The Kier molecular flexibility index (Phi) is 5.67. The Morgan fingerprint density at radius 1 is 0.312 bits per heavy atom. The maximum absolute atomic E-state index is 6.13. The van der Waals surface area contributed by atoms with Crippen molar-refractivity contribution in [1.82, 2.24) is 0 Å². The average molecular weight is 415 g/mol. The first-order chi connectivity index (χ1) is 15.8. The second-order valence-electron chi connectivity index (χ2n) is 7.43. The molecule has 32 heavy (non-hydrogen) atoms. The van der Waals surface area contributed by atoms with E-state index in [-0.39, 0.29) is 0 Å². The summed E-state index contributed by atoms with van der Waals surface area (Å²) in [5.74, 6) is 3.33. The lowest BCUT2D eigenvalue weighted by Gasteiger charge is -2.12. The molecule has 0 aliphatic rings. The second-order valence-corrected chi connectivity index (χ2v) is 7.43. The Hall–Kier alpha value is -4.30. The molecule has 5 aromatic rings. The molecule has 0 heterocycles. The maximum atomic E-state index is 6.13. The van der Waals surface area contributed by atoms with E-state index in [9.17, 15) is 0 Å². The molecule has 0 radical (unpaired) electrons. The van der Waals surface area contributed by atoms with Crippen LogP contribution in [0.25, 0.3) is 22.3 Å². The Balaban J connectivity index is 1.35. The van der Waals surface area contributed by atoms with Gasteiger partial charge in [0.1, 0.15) is 23.0 Å². The lowest BCUT2D eigenvalue weighted by Crippen LogP contribution is -1.88. The first-order valence-corrected chi connectivity index (χ1v) is 10.6. The molecule has 0 atom stereocenters. The summed E-state index contributed by atoms with van der Waals surface area (Å²) in [5, 5.41) is 0. The van der Waals surface area contributed by atoms with E-state index in [2.05, 4.69) is 42.5 Å². The number of para-hydroxylation sites is 3. The average Bonchev–Trinajstić information content (AvgIpc) is 2.86. The summed E-state index contributed by atoms with van der Waals surface area (Å²) in [6, 6.07) is 44.5. The predicted molar refractivity (Wildman–Crippen MR) is 130 cm³/mol. The first-order valence-electron chi connectivity index (χ1n) is 10.6. The van der Waals surface area contributed by atoms with Crippen LogP contribution in [0.4, 0.5) is 0 Å². The van der Waals surface area contributed by atoms with Gasteiger partial charge >= 0.3 is 0 Å². The largest absolute Gasteiger partial charge is 0.457 e. The van der Waals surface area contributed by atoms with Crippen molar-refractivity contribution in [2.45, 2.75) is 0 Å². The monoisotopic (exact) mass is 414 g/mol. The molecule has 5 rings (SSSR count). The summed E-state index contributed by atoms with van der Waals surface area (Å²) in [6.07, 6.45) is 0. The van der Waals surface area contributed by atoms with Crippen molar-refractivity contribution >= 4 is 0 Å². The van der Waals surface area contributed by atoms with E-state index in [0.717, 1.165) is 45.3 Å². The third kappa shape index (κ3) is 4.55. The van der Waals surface area contributed by atoms with E-state index >= 15 is 0 Å². The lowest BCUT2D eigenvalue weighted by molar-refractivity contribution is 0.483. The number of ether oxygens (including phenoxy) is 2. The van der Waals surface area contributed by atoms with Crippen LogP contribution in [0.3, 0.4) is 0 Å². The van der Waals surface area contributed by atoms with Crippen LogP contribution in [0.1, 0.15) is 0 Å². The maximum Gasteiger partial charge on any atom is 0.135 e. The summed E-state index contributed by atoms with van der Waals surface area (Å²) < 4.78 is 12.0. The third-order valence-corrected chi connectivity index (χ3v) is 5.22. The van der Waals surface area contributed by atoms with Crippen molar-refractivity contribution in [3.63, 3.8) is 0 Å². The molecule has 2 heteroatoms. The van der Waals surface area contributed by atoms with Crippen LogP contribution >= 0.6 is 0 Å². The van der Waals surface area contributed by atoms with Gasteiger partial charge in [-0.15, -0.1) is 0 Å². The van der Waals surface area contributed by atoms with Gasteiger partial charge in [0.05, 0.1) is 0 Å². The molecule has 2 nitrogen and oxygen atoms in total. The van der Waals surface area contributed by atoms with Crippen LogP contribution in [0, 0.1) is 0 Å². The molecular formula is C30H22O2. The Morgan fingerprint density at radius 2 is 0.750 bits per heavy atom. The zero-order valence-corrected chi connectivity index (χ0v) is 17.5. The fraction of sp³-hybridized carbons (Fsp3) is 0. The van der Waals surface area contributed by atoms with Crippen LogP contribution in [0.2, 0.25) is 0 Å². The molecule has 0 bridgehead atoms. The van der Waals surface area contributed by atoms with E-state index in [1.54, 1.807) is 0 Å². The fourth-order valence-corrected chi connectivity index (χ4v) is 3.59. The van der Waals surface area contributed by atoms with Gasteiger partial charge in [-0.25, -0.2) is 0 Å². The van der Waals surface area contributed by atoms with Crippen LogP contribution in [-0.4, -0.2) is 0 Å². The number of benzene rings is 5. The Labute approximate surface area is 188 Å². The van der Waals surface area contributed by atoms with Gasteiger partial charge < -0.3 is 9.47 Å². The molecule has 0 unspecified atom stereocenters. The highest BCUT2D eigenvalue weighted by Crippen LogP contribution is 2.34. The third-order valence-electron chi connectivity index (χ3n) is 5.22. The van der Waals surface area contributed by atoms with Crippen molar-refractivity contribution in [2.75, 3.05) is 0 Å². The topological polar surface area (TPSA) is 18.5 Å². The van der Waals surface area contributed by atoms with Gasteiger partial charge in [0.15, 0.2) is 0 Å². The molecule has 0 aliphatic carbocycles. The summed E-state index contributed by atoms with van der Waals surface area (Å²) in [4.78, 5) is 0. The number of rotatable bonds is 6. The molecule has 154 valence electrons. The van der Waals surface area contributed by atoms with E-state index < -0.39 is 0 Å². The van der Waals surface area contributed by atoms with E-state index in [1.807, 2.05) is 91.0 Å². The van der Waals surface area contributed by atoms with Gasteiger partial charge in [0.25, 0.3) is 0 Å². The summed E-state index contributed by atoms with van der Waals surface area (Å²) in [6.45, 7) is 0. The molecule has 0 N–H and O–H groups in total. The molecule has 5 aromatic carbocycles. The van der Waals surface area contributed by atoms with Crippen molar-refractivity contribution in [1.29, 1.82) is 0 Å². The van der Waals surface area contributed by atoms with Crippen molar-refractivity contribution in [3.8, 4) is 45.3 Å². The van der Waals surface area contributed by atoms with Crippen LogP contribution in [0.15, 0.2) is 133 Å². The van der Waals surface area contributed by atoms with Crippen molar-refractivity contribution in [3.05, 3.63) is 133 Å². The summed E-state index contributed by atoms with van der Waals surface area (Å²) >= 11 is 0. The highest BCUT2D eigenvalue weighted by molar-refractivity contribution is 5.74. The van der Waals surface area contributed by atoms with Gasteiger partial charge in [-0.3, -0.25) is 0 Å². The van der Waals surface area contributed by atoms with Gasteiger partial charge in [-0.1, -0.05) is 91.0 Å². The first kappa shape index (κ1) is 19.7. The second kappa shape index (κ2) is 9.23. The molecule has 0 saturated carbocycles. The summed E-state index contributed by atoms with van der Waals surface area (Å²) in [7, 11) is 0. The van der Waals surface area contributed by atoms with Crippen molar-refractivity contribution in [2.24, 2.45) is 0 Å². The highest BCUT2D eigenvalue weighted by atomic mass is 16.5. The smallest absolute Gasteiger partial charge is 0.135 e. The summed E-state index contributed by atoms with van der Waals surface area (Å²) in [5.41, 5.74) is 4.48. The van der Waals surface area contributed by atoms with E-state index in [4.69, 9.17) is 9.47 Å². The number of hydrogen-bond acceptors (Lipinski definition) is 2. The molecule has 0 aliphatic heterocycles. The lowest BCUT2D eigenvalue weighted by atomic mass is 10.00. The van der Waals surface area contributed by atoms with E-state index in [0.29, 0.717) is 0 Å². The minimum absolute atomic E-state index is 0.823. The minimum atomic E-state index is 0.823. The van der Waals surface area contributed by atoms with Gasteiger partial charge in [-0.05, 0) is 59.2 Å². The van der Waals surface area contributed by atoms with E-state index in [1.165, 1.54) is 0 Å². The zero-order chi connectivity index (χ0) is 21.6. The highest BCUT2D eigenvalue weighted by Gasteiger charge is 2.08. The zero-order valence-electron chi connectivity index (χ0n) is 17.5. The van der Waals surface area contributed by atoms with Gasteiger partial charge in [0, 0.05) is 5.56 Å². The standard InChI is InChI=1S/C30H22O2/c1-3-9-26(10-4-1)31-28-21-19-24(20-22-28)23-15-17-25(18-16-23)29-13-7-8-14-30(29)32-27-11-5-2-6-12-27/h1-22H. The number of hydrogen-bond donors (Lipinski definition) is 0. The molecule has 0 saturated heterocycles. The van der Waals surface area contributed by atoms with Crippen LogP contribution < -0.4 is 9.47 Å². The molecule has 0 amide bonds. The Bertz CT molecular complexity index is 1280. The van der Waals surface area contributed by atoms with Gasteiger partial charge in [-0.2, -0.15) is 0 Å². The minimum Gasteiger partial charge on any atom is -0.457 e. The normalized spacial score (nSPS) is 10.5. The predicted octanol–water partition coefficient (Wildman–Crippen LogP) is 8.61. The fourth-order valence-electron chi connectivity index (χ4n) is 3.59. The molecule has 0 aromatic heterocycles.